The summed E-state index contributed by atoms with van der Waals surface area (Å²) in [4.78, 5) is 0. The Balaban J connectivity index is 1.83. The zero-order valence-corrected chi connectivity index (χ0v) is 16.8. The zero-order valence-electron chi connectivity index (χ0n) is 16.0. The smallest absolute Gasteiger partial charge is 0.229 e. The molecule has 0 bridgehead atoms. The summed E-state index contributed by atoms with van der Waals surface area (Å²) >= 11 is 0. The minimum Gasteiger partial charge on any atom is -0.495 e. The van der Waals surface area contributed by atoms with Gasteiger partial charge < -0.3 is 14.9 Å². The summed E-state index contributed by atoms with van der Waals surface area (Å²) in [5.41, 5.74) is 10.8. The lowest BCUT2D eigenvalue weighted by Crippen LogP contribution is -2.09. The van der Waals surface area contributed by atoms with Crippen LogP contribution in [0.4, 0.5) is 11.4 Å². The highest BCUT2D eigenvalue weighted by Crippen LogP contribution is 2.41. The van der Waals surface area contributed by atoms with Crippen LogP contribution >= 0.6 is 0 Å². The average molecular weight is 408 g/mol. The summed E-state index contributed by atoms with van der Waals surface area (Å²) in [6.45, 7) is 0. The highest BCUT2D eigenvalue weighted by atomic mass is 32.2. The number of furan rings is 1. The molecule has 7 heteroatoms. The van der Waals surface area contributed by atoms with E-state index in [1.54, 1.807) is 31.8 Å². The van der Waals surface area contributed by atoms with Crippen molar-refractivity contribution in [1.29, 1.82) is 0 Å². The Bertz CT molecular complexity index is 1300. The first-order valence-corrected chi connectivity index (χ1v) is 10.8. The molecule has 29 heavy (non-hydrogen) atoms. The molecular weight excluding hydrogens is 388 g/mol. The fourth-order valence-corrected chi connectivity index (χ4v) is 3.96. The highest BCUT2D eigenvalue weighted by Gasteiger charge is 2.15. The van der Waals surface area contributed by atoms with Gasteiger partial charge in [0.1, 0.15) is 5.75 Å². The van der Waals surface area contributed by atoms with E-state index < -0.39 is 10.0 Å². The number of fused-ring (bicyclic) bond motifs is 1. The number of nitrogens with two attached hydrogens (primary N) is 1. The Labute approximate surface area is 169 Å². The van der Waals surface area contributed by atoms with Gasteiger partial charge in [-0.2, -0.15) is 0 Å². The molecule has 0 atom stereocenters. The molecule has 0 aliphatic rings. The second-order valence-electron chi connectivity index (χ2n) is 6.81. The van der Waals surface area contributed by atoms with Gasteiger partial charge in [-0.1, -0.05) is 18.2 Å². The van der Waals surface area contributed by atoms with Gasteiger partial charge in [0.25, 0.3) is 0 Å². The fraction of sp³-hybridized carbons (Fsp3) is 0.0909. The number of nitrogens with one attached hydrogen (secondary N) is 1. The molecular formula is C22H20N2O4S. The minimum atomic E-state index is -3.33. The van der Waals surface area contributed by atoms with Crippen molar-refractivity contribution in [1.82, 2.24) is 0 Å². The second kappa shape index (κ2) is 7.18. The van der Waals surface area contributed by atoms with Crippen LogP contribution < -0.4 is 15.2 Å². The third-order valence-electron chi connectivity index (χ3n) is 4.60. The molecule has 6 nitrogen and oxygen atoms in total. The van der Waals surface area contributed by atoms with Crippen LogP contribution in [0.25, 0.3) is 33.0 Å². The molecule has 4 rings (SSSR count). The van der Waals surface area contributed by atoms with Gasteiger partial charge >= 0.3 is 0 Å². The maximum Gasteiger partial charge on any atom is 0.229 e. The largest absolute Gasteiger partial charge is 0.495 e. The Morgan fingerprint density at radius 3 is 2.28 bits per heavy atom. The number of methoxy groups -OCH3 is 1. The van der Waals surface area contributed by atoms with Crippen molar-refractivity contribution in [2.24, 2.45) is 0 Å². The van der Waals surface area contributed by atoms with Crippen molar-refractivity contribution < 1.29 is 17.6 Å². The number of rotatable bonds is 5. The zero-order chi connectivity index (χ0) is 20.6. The molecule has 0 fully saturated rings. The quantitative estimate of drug-likeness (QED) is 0.466. The molecule has 3 N–H and O–H groups in total. The number of hydrogen-bond acceptors (Lipinski definition) is 5. The van der Waals surface area contributed by atoms with Crippen molar-refractivity contribution in [2.75, 3.05) is 23.8 Å². The Hall–Kier alpha value is -3.45. The Morgan fingerprint density at radius 1 is 0.931 bits per heavy atom. The van der Waals surface area contributed by atoms with Crippen molar-refractivity contribution in [3.8, 4) is 28.0 Å². The third-order valence-corrected chi connectivity index (χ3v) is 5.21. The van der Waals surface area contributed by atoms with Crippen LogP contribution in [0.2, 0.25) is 0 Å². The molecule has 0 amide bonds. The molecule has 1 heterocycles. The summed E-state index contributed by atoms with van der Waals surface area (Å²) < 4.78 is 36.4. The van der Waals surface area contributed by atoms with Gasteiger partial charge in [0.05, 0.1) is 25.9 Å². The summed E-state index contributed by atoms with van der Waals surface area (Å²) in [5.74, 6) is 0.704. The van der Waals surface area contributed by atoms with E-state index in [1.807, 2.05) is 42.5 Å². The molecule has 0 aliphatic heterocycles. The van der Waals surface area contributed by atoms with E-state index in [9.17, 15) is 8.42 Å². The molecule has 0 unspecified atom stereocenters. The molecule has 4 aromatic rings. The topological polar surface area (TPSA) is 94.6 Å². The van der Waals surface area contributed by atoms with E-state index in [-0.39, 0.29) is 0 Å². The molecule has 0 radical (unpaired) electrons. The Kier molecular flexibility index (Phi) is 4.68. The number of ether oxygens (including phenoxy) is 1. The standard InChI is InChI=1S/C22H20N2O4S/c1-27-22-20(11-18(23)12-21(22)17-7-8-28-13-17)16-4-3-15-10-19(24-29(2,25)26)6-5-14(15)9-16/h3-13,24H,23H2,1-2H3. The fourth-order valence-electron chi connectivity index (χ4n) is 3.41. The first-order chi connectivity index (χ1) is 13.8. The number of nitrogen functional groups attached to an aromatic ring is 1. The summed E-state index contributed by atoms with van der Waals surface area (Å²) in [7, 11) is -1.70. The predicted molar refractivity (Wildman–Crippen MR) is 117 cm³/mol. The maximum atomic E-state index is 11.5. The van der Waals surface area contributed by atoms with Crippen LogP contribution in [0.3, 0.4) is 0 Å². The molecule has 0 aliphatic carbocycles. The van der Waals surface area contributed by atoms with E-state index in [4.69, 9.17) is 14.9 Å². The highest BCUT2D eigenvalue weighted by molar-refractivity contribution is 7.92. The molecule has 0 saturated heterocycles. The van der Waals surface area contributed by atoms with Crippen molar-refractivity contribution in [2.45, 2.75) is 0 Å². The van der Waals surface area contributed by atoms with E-state index in [0.717, 1.165) is 39.3 Å². The summed E-state index contributed by atoms with van der Waals surface area (Å²) in [6.07, 6.45) is 4.39. The summed E-state index contributed by atoms with van der Waals surface area (Å²) in [5, 5.41) is 1.89. The predicted octanol–water partition coefficient (Wildman–Crippen LogP) is 4.73. The minimum absolute atomic E-state index is 0.525. The van der Waals surface area contributed by atoms with Crippen molar-refractivity contribution in [3.63, 3.8) is 0 Å². The lowest BCUT2D eigenvalue weighted by molar-refractivity contribution is 0.418. The Morgan fingerprint density at radius 2 is 1.62 bits per heavy atom. The average Bonchev–Trinajstić information content (AvgIpc) is 3.20. The van der Waals surface area contributed by atoms with Gasteiger partial charge in [0.15, 0.2) is 0 Å². The van der Waals surface area contributed by atoms with Crippen LogP contribution in [0, 0.1) is 0 Å². The first kappa shape index (κ1) is 18.9. The van der Waals surface area contributed by atoms with E-state index in [1.165, 1.54) is 0 Å². The lowest BCUT2D eigenvalue weighted by Gasteiger charge is -2.15. The molecule has 1 aromatic heterocycles. The summed E-state index contributed by atoms with van der Waals surface area (Å²) in [6, 6.07) is 16.9. The number of sulfonamides is 1. The van der Waals surface area contributed by atoms with Crippen LogP contribution in [-0.2, 0) is 10.0 Å². The third kappa shape index (κ3) is 3.90. The second-order valence-corrected chi connectivity index (χ2v) is 8.56. The molecule has 0 spiro atoms. The molecule has 0 saturated carbocycles. The van der Waals surface area contributed by atoms with Gasteiger partial charge in [-0.05, 0) is 52.7 Å². The lowest BCUT2D eigenvalue weighted by atomic mass is 9.95. The molecule has 3 aromatic carbocycles. The maximum absolute atomic E-state index is 11.5. The number of anilines is 2. The van der Waals surface area contributed by atoms with E-state index >= 15 is 0 Å². The van der Waals surface area contributed by atoms with Crippen molar-refractivity contribution >= 4 is 32.2 Å². The first-order valence-electron chi connectivity index (χ1n) is 8.86. The van der Waals surface area contributed by atoms with Crippen LogP contribution in [-0.4, -0.2) is 21.8 Å². The monoisotopic (exact) mass is 408 g/mol. The van der Waals surface area contributed by atoms with Gasteiger partial charge in [-0.25, -0.2) is 8.42 Å². The van der Waals surface area contributed by atoms with Gasteiger partial charge in [-0.3, -0.25) is 4.72 Å². The molecule has 148 valence electrons. The van der Waals surface area contributed by atoms with Gasteiger partial charge in [0.2, 0.25) is 10.0 Å². The SMILES string of the molecule is COc1c(-c2ccoc2)cc(N)cc1-c1ccc2cc(NS(C)(=O)=O)ccc2c1. The van der Waals surface area contributed by atoms with E-state index in [2.05, 4.69) is 4.72 Å². The number of hydrogen-bond donors (Lipinski definition) is 2. The van der Waals surface area contributed by atoms with Gasteiger partial charge in [-0.15, -0.1) is 0 Å². The van der Waals surface area contributed by atoms with Crippen LogP contribution in [0.1, 0.15) is 0 Å². The van der Waals surface area contributed by atoms with E-state index in [0.29, 0.717) is 17.1 Å². The van der Waals surface area contributed by atoms with Crippen molar-refractivity contribution in [3.05, 3.63) is 67.1 Å². The van der Waals surface area contributed by atoms with Crippen LogP contribution in [0.5, 0.6) is 5.75 Å². The van der Waals surface area contributed by atoms with Crippen LogP contribution in [0.15, 0.2) is 71.5 Å². The van der Waals surface area contributed by atoms with Gasteiger partial charge in [0, 0.05) is 28.1 Å². The normalized spacial score (nSPS) is 11.5. The number of benzene rings is 3.